The van der Waals surface area contributed by atoms with Gasteiger partial charge in [0.2, 0.25) is 0 Å². The van der Waals surface area contributed by atoms with Gasteiger partial charge in [0.25, 0.3) is 10.0 Å². The van der Waals surface area contributed by atoms with E-state index in [4.69, 9.17) is 0 Å². The van der Waals surface area contributed by atoms with Gasteiger partial charge < -0.3 is 4.98 Å². The van der Waals surface area contributed by atoms with Gasteiger partial charge in [0.1, 0.15) is 0 Å². The maximum absolute atomic E-state index is 12.0. The number of aromatic nitrogens is 3. The summed E-state index contributed by atoms with van der Waals surface area (Å²) < 4.78 is 26.5. The fourth-order valence-corrected chi connectivity index (χ4v) is 2.69. The minimum absolute atomic E-state index is 0.0267. The van der Waals surface area contributed by atoms with Gasteiger partial charge in [0.15, 0.2) is 5.03 Å². The molecule has 0 unspecified atom stereocenters. The second-order valence-electron chi connectivity index (χ2n) is 3.93. The first kappa shape index (κ1) is 11.7. The number of pyridine rings is 1. The van der Waals surface area contributed by atoms with Gasteiger partial charge in [-0.05, 0) is 24.3 Å². The summed E-state index contributed by atoms with van der Waals surface area (Å²) in [5.74, 6) is 0. The van der Waals surface area contributed by atoms with Crippen LogP contribution in [0.2, 0.25) is 0 Å². The molecule has 0 bridgehead atoms. The Morgan fingerprint density at radius 1 is 1.21 bits per heavy atom. The molecule has 6 nitrogen and oxygen atoms in total. The van der Waals surface area contributed by atoms with Gasteiger partial charge >= 0.3 is 0 Å². The molecule has 0 fully saturated rings. The first-order valence-corrected chi connectivity index (χ1v) is 6.99. The van der Waals surface area contributed by atoms with Gasteiger partial charge in [0.05, 0.1) is 18.0 Å². The Kier molecular flexibility index (Phi) is 2.68. The zero-order valence-corrected chi connectivity index (χ0v) is 10.6. The molecule has 0 spiro atoms. The van der Waals surface area contributed by atoms with E-state index in [2.05, 4.69) is 19.7 Å². The zero-order chi connectivity index (χ0) is 13.3. The van der Waals surface area contributed by atoms with Gasteiger partial charge in [-0.3, -0.25) is 9.71 Å². The van der Waals surface area contributed by atoms with E-state index in [1.54, 1.807) is 30.5 Å². The van der Waals surface area contributed by atoms with Crippen molar-refractivity contribution in [2.24, 2.45) is 0 Å². The van der Waals surface area contributed by atoms with Crippen LogP contribution in [0.15, 0.2) is 54.1 Å². The molecular formula is C12H10N4O2S. The molecule has 0 saturated heterocycles. The molecule has 7 heteroatoms. The summed E-state index contributed by atoms with van der Waals surface area (Å²) >= 11 is 0. The van der Waals surface area contributed by atoms with Crippen LogP contribution in [-0.2, 0) is 10.0 Å². The molecule has 1 aromatic carbocycles. The number of fused-ring (bicyclic) bond motifs is 1. The third-order valence-corrected chi connectivity index (χ3v) is 3.92. The minimum Gasteiger partial charge on any atom is -0.334 e. The van der Waals surface area contributed by atoms with Crippen LogP contribution in [0.25, 0.3) is 10.9 Å². The Labute approximate surface area is 109 Å². The highest BCUT2D eigenvalue weighted by atomic mass is 32.2. The van der Waals surface area contributed by atoms with Crippen LogP contribution in [0.1, 0.15) is 0 Å². The van der Waals surface area contributed by atoms with E-state index in [1.807, 2.05) is 6.07 Å². The van der Waals surface area contributed by atoms with Crippen molar-refractivity contribution in [1.29, 1.82) is 0 Å². The number of aromatic amines is 1. The number of imidazole rings is 1. The second kappa shape index (κ2) is 4.36. The zero-order valence-electron chi connectivity index (χ0n) is 9.74. The van der Waals surface area contributed by atoms with Crippen molar-refractivity contribution in [3.63, 3.8) is 0 Å². The van der Waals surface area contributed by atoms with Gasteiger partial charge in [-0.1, -0.05) is 6.07 Å². The molecular weight excluding hydrogens is 264 g/mol. The average Bonchev–Trinajstić information content (AvgIpc) is 2.93. The van der Waals surface area contributed by atoms with Crippen molar-refractivity contribution in [2.45, 2.75) is 5.03 Å². The van der Waals surface area contributed by atoms with E-state index in [9.17, 15) is 8.42 Å². The number of hydrogen-bond acceptors (Lipinski definition) is 4. The van der Waals surface area contributed by atoms with Crippen molar-refractivity contribution < 1.29 is 8.42 Å². The SMILES string of the molecule is O=S(=O)(Nc1ccc2ncccc2c1)c1cnc[nH]1. The van der Waals surface area contributed by atoms with E-state index in [1.165, 1.54) is 12.5 Å². The van der Waals surface area contributed by atoms with Crippen molar-refractivity contribution in [3.05, 3.63) is 49.1 Å². The Morgan fingerprint density at radius 3 is 2.89 bits per heavy atom. The van der Waals surface area contributed by atoms with Crippen molar-refractivity contribution >= 4 is 26.6 Å². The lowest BCUT2D eigenvalue weighted by Gasteiger charge is -2.06. The Hall–Kier alpha value is -2.41. The van der Waals surface area contributed by atoms with Crippen LogP contribution < -0.4 is 4.72 Å². The van der Waals surface area contributed by atoms with Crippen LogP contribution in [0.5, 0.6) is 0 Å². The largest absolute Gasteiger partial charge is 0.334 e. The molecule has 2 heterocycles. The number of nitrogens with one attached hydrogen (secondary N) is 2. The highest BCUT2D eigenvalue weighted by Crippen LogP contribution is 2.19. The molecule has 3 aromatic rings. The van der Waals surface area contributed by atoms with Crippen LogP contribution >= 0.6 is 0 Å². The van der Waals surface area contributed by atoms with Gasteiger partial charge in [-0.15, -0.1) is 0 Å². The third-order valence-electron chi connectivity index (χ3n) is 2.62. The molecule has 2 aromatic heterocycles. The van der Waals surface area contributed by atoms with E-state index >= 15 is 0 Å². The topological polar surface area (TPSA) is 87.7 Å². The van der Waals surface area contributed by atoms with Crippen LogP contribution in [0.4, 0.5) is 5.69 Å². The third kappa shape index (κ3) is 2.27. The van der Waals surface area contributed by atoms with E-state index in [-0.39, 0.29) is 5.03 Å². The monoisotopic (exact) mass is 274 g/mol. The lowest BCUT2D eigenvalue weighted by Crippen LogP contribution is -2.13. The number of nitrogens with zero attached hydrogens (tertiary/aromatic N) is 2. The summed E-state index contributed by atoms with van der Waals surface area (Å²) in [5.41, 5.74) is 1.29. The van der Waals surface area contributed by atoms with Crippen LogP contribution in [-0.4, -0.2) is 23.4 Å². The molecule has 96 valence electrons. The first-order valence-electron chi connectivity index (χ1n) is 5.51. The van der Waals surface area contributed by atoms with Crippen molar-refractivity contribution in [2.75, 3.05) is 4.72 Å². The Balaban J connectivity index is 1.98. The number of anilines is 1. The Morgan fingerprint density at radius 2 is 2.11 bits per heavy atom. The lowest BCUT2D eigenvalue weighted by atomic mass is 10.2. The number of benzene rings is 1. The van der Waals surface area contributed by atoms with E-state index < -0.39 is 10.0 Å². The highest BCUT2D eigenvalue weighted by Gasteiger charge is 2.15. The molecule has 2 N–H and O–H groups in total. The van der Waals surface area contributed by atoms with Gasteiger partial charge in [-0.25, -0.2) is 4.98 Å². The fraction of sp³-hybridized carbons (Fsp3) is 0. The van der Waals surface area contributed by atoms with Gasteiger partial charge in [0, 0.05) is 17.3 Å². The van der Waals surface area contributed by atoms with E-state index in [0.717, 1.165) is 10.9 Å². The smallest absolute Gasteiger partial charge is 0.278 e. The fourth-order valence-electron chi connectivity index (χ4n) is 1.74. The first-order chi connectivity index (χ1) is 9.15. The Bertz CT molecular complexity index is 813. The minimum atomic E-state index is -3.63. The molecule has 0 aliphatic heterocycles. The molecule has 19 heavy (non-hydrogen) atoms. The predicted molar refractivity (Wildman–Crippen MR) is 71.1 cm³/mol. The standard InChI is InChI=1S/C12H10N4O2S/c17-19(18,12-7-13-8-15-12)16-10-3-4-11-9(6-10)2-1-5-14-11/h1-8,16H,(H,13,15). The summed E-state index contributed by atoms with van der Waals surface area (Å²) in [6.45, 7) is 0. The highest BCUT2D eigenvalue weighted by molar-refractivity contribution is 7.92. The number of rotatable bonds is 3. The van der Waals surface area contributed by atoms with Crippen molar-refractivity contribution in [1.82, 2.24) is 15.0 Å². The van der Waals surface area contributed by atoms with Crippen LogP contribution in [0.3, 0.4) is 0 Å². The predicted octanol–water partition coefficient (Wildman–Crippen LogP) is 1.76. The molecule has 0 aliphatic rings. The summed E-state index contributed by atoms with van der Waals surface area (Å²) in [6.07, 6.45) is 4.26. The lowest BCUT2D eigenvalue weighted by molar-refractivity contribution is 0.598. The summed E-state index contributed by atoms with van der Waals surface area (Å²) in [5, 5.41) is 0.895. The molecule has 0 atom stereocenters. The summed E-state index contributed by atoms with van der Waals surface area (Å²) in [4.78, 5) is 10.4. The molecule has 0 radical (unpaired) electrons. The van der Waals surface area contributed by atoms with Crippen LogP contribution in [0, 0.1) is 0 Å². The molecule has 3 rings (SSSR count). The molecule has 0 aliphatic carbocycles. The summed E-state index contributed by atoms with van der Waals surface area (Å²) in [7, 11) is -3.63. The van der Waals surface area contributed by atoms with Gasteiger partial charge in [-0.2, -0.15) is 8.42 Å². The number of hydrogen-bond donors (Lipinski definition) is 2. The van der Waals surface area contributed by atoms with Crippen molar-refractivity contribution in [3.8, 4) is 0 Å². The number of H-pyrrole nitrogens is 1. The average molecular weight is 274 g/mol. The maximum Gasteiger partial charge on any atom is 0.278 e. The maximum atomic E-state index is 12.0. The molecule has 0 saturated carbocycles. The normalized spacial score (nSPS) is 11.6. The van der Waals surface area contributed by atoms with E-state index in [0.29, 0.717) is 5.69 Å². The number of sulfonamides is 1. The summed E-state index contributed by atoms with van der Waals surface area (Å²) in [6, 6.07) is 8.84. The quantitative estimate of drug-likeness (QED) is 0.761. The molecule has 0 amide bonds. The second-order valence-corrected chi connectivity index (χ2v) is 5.58.